The Hall–Kier alpha value is -1.73. The van der Waals surface area contributed by atoms with E-state index in [4.69, 9.17) is 9.31 Å². The van der Waals surface area contributed by atoms with Crippen LogP contribution in [0.25, 0.3) is 6.08 Å². The fourth-order valence-corrected chi connectivity index (χ4v) is 1.92. The SMILES string of the molecule is COC(=O)c1cccc(C=C(F)B2OC(C)(C)C(C)(C)O2)n1. The third-order valence-electron chi connectivity index (χ3n) is 3.93. The van der Waals surface area contributed by atoms with E-state index in [9.17, 15) is 9.18 Å². The Bertz CT molecular complexity index is 599. The van der Waals surface area contributed by atoms with E-state index in [0.29, 0.717) is 0 Å². The van der Waals surface area contributed by atoms with E-state index in [1.54, 1.807) is 12.1 Å². The normalized spacial score (nSPS) is 20.1. The zero-order chi connectivity index (χ0) is 16.5. The highest BCUT2D eigenvalue weighted by molar-refractivity contribution is 6.54. The van der Waals surface area contributed by atoms with Gasteiger partial charge in [0.1, 0.15) is 11.4 Å². The maximum absolute atomic E-state index is 14.4. The smallest absolute Gasteiger partial charge is 0.464 e. The summed E-state index contributed by atoms with van der Waals surface area (Å²) in [6.07, 6.45) is 1.19. The molecule has 0 bridgehead atoms. The number of ether oxygens (including phenoxy) is 1. The Labute approximate surface area is 129 Å². The van der Waals surface area contributed by atoms with E-state index in [-0.39, 0.29) is 11.4 Å². The van der Waals surface area contributed by atoms with Gasteiger partial charge in [0.05, 0.1) is 24.0 Å². The van der Waals surface area contributed by atoms with Gasteiger partial charge in [-0.05, 0) is 45.9 Å². The molecule has 1 aliphatic rings. The fraction of sp³-hybridized carbons (Fsp3) is 0.467. The van der Waals surface area contributed by atoms with Crippen LogP contribution in [0.2, 0.25) is 0 Å². The molecule has 0 atom stereocenters. The summed E-state index contributed by atoms with van der Waals surface area (Å²) in [7, 11) is 0.172. The van der Waals surface area contributed by atoms with E-state index in [1.165, 1.54) is 19.3 Å². The van der Waals surface area contributed by atoms with Crippen molar-refractivity contribution in [1.29, 1.82) is 0 Å². The van der Waals surface area contributed by atoms with Crippen molar-refractivity contribution >= 4 is 19.2 Å². The molecule has 7 heteroatoms. The van der Waals surface area contributed by atoms with Crippen molar-refractivity contribution in [2.24, 2.45) is 0 Å². The van der Waals surface area contributed by atoms with Crippen molar-refractivity contribution in [3.05, 3.63) is 35.3 Å². The first-order valence-electron chi connectivity index (χ1n) is 6.94. The van der Waals surface area contributed by atoms with Crippen LogP contribution in [0.5, 0.6) is 0 Å². The van der Waals surface area contributed by atoms with Crippen molar-refractivity contribution < 1.29 is 23.2 Å². The third-order valence-corrected chi connectivity index (χ3v) is 3.93. The van der Waals surface area contributed by atoms with Crippen LogP contribution < -0.4 is 0 Å². The standard InChI is InChI=1S/C15H19BFNO4/c1-14(2)15(3,4)22-16(21-14)12(17)9-10-7-6-8-11(18-10)13(19)20-5/h6-9H,1-5H3. The first kappa shape index (κ1) is 16.6. The second-order valence-electron chi connectivity index (χ2n) is 6.06. The van der Waals surface area contributed by atoms with Crippen LogP contribution in [0.15, 0.2) is 23.9 Å². The predicted octanol–water partition coefficient (Wildman–Crippen LogP) is 2.81. The predicted molar refractivity (Wildman–Crippen MR) is 80.7 cm³/mol. The molecule has 118 valence electrons. The Kier molecular flexibility index (Phi) is 4.40. The molecule has 2 rings (SSSR count). The average Bonchev–Trinajstić information content (AvgIpc) is 2.67. The van der Waals surface area contributed by atoms with Crippen LogP contribution in [0.1, 0.15) is 43.9 Å². The van der Waals surface area contributed by atoms with Crippen molar-refractivity contribution in [2.45, 2.75) is 38.9 Å². The number of hydrogen-bond acceptors (Lipinski definition) is 5. The molecule has 1 aromatic heterocycles. The number of esters is 1. The first-order chi connectivity index (χ1) is 10.2. The lowest BCUT2D eigenvalue weighted by molar-refractivity contribution is 0.00578. The first-order valence-corrected chi connectivity index (χ1v) is 6.94. The third kappa shape index (κ3) is 3.20. The lowest BCUT2D eigenvalue weighted by Gasteiger charge is -2.32. The molecule has 0 radical (unpaired) electrons. The minimum Gasteiger partial charge on any atom is -0.464 e. The van der Waals surface area contributed by atoms with Gasteiger partial charge in [-0.15, -0.1) is 0 Å². The molecule has 0 aromatic carbocycles. The van der Waals surface area contributed by atoms with Crippen molar-refractivity contribution in [3.8, 4) is 0 Å². The van der Waals surface area contributed by atoms with Crippen LogP contribution in [0, 0.1) is 0 Å². The summed E-state index contributed by atoms with van der Waals surface area (Å²) in [5, 5.41) is 0. The highest BCUT2D eigenvalue weighted by atomic mass is 19.1. The fourth-order valence-electron chi connectivity index (χ4n) is 1.92. The van der Waals surface area contributed by atoms with Gasteiger partial charge in [0.2, 0.25) is 0 Å². The van der Waals surface area contributed by atoms with Crippen molar-refractivity contribution in [2.75, 3.05) is 7.11 Å². The summed E-state index contributed by atoms with van der Waals surface area (Å²) in [6, 6.07) is 4.68. The lowest BCUT2D eigenvalue weighted by atomic mass is 9.87. The van der Waals surface area contributed by atoms with E-state index >= 15 is 0 Å². The van der Waals surface area contributed by atoms with Gasteiger partial charge in [-0.1, -0.05) is 6.07 Å². The molecular formula is C15H19BFNO4. The summed E-state index contributed by atoms with van der Waals surface area (Å²) in [5.74, 6) is -0.578. The average molecular weight is 307 g/mol. The molecule has 1 saturated heterocycles. The number of methoxy groups -OCH3 is 1. The monoisotopic (exact) mass is 307 g/mol. The summed E-state index contributed by atoms with van der Waals surface area (Å²) < 4.78 is 30.2. The van der Waals surface area contributed by atoms with E-state index < -0.39 is 30.0 Å². The van der Waals surface area contributed by atoms with Crippen LogP contribution in [-0.2, 0) is 14.0 Å². The summed E-state index contributed by atoms with van der Waals surface area (Å²) in [5.41, 5.74) is -1.45. The second kappa shape index (κ2) is 5.81. The minimum atomic E-state index is -1.09. The highest BCUT2D eigenvalue weighted by Gasteiger charge is 2.53. The van der Waals surface area contributed by atoms with Crippen LogP contribution in [-0.4, -0.2) is 36.4 Å². The maximum Gasteiger partial charge on any atom is 0.525 e. The number of rotatable bonds is 3. The van der Waals surface area contributed by atoms with Crippen LogP contribution in [0.3, 0.4) is 0 Å². The van der Waals surface area contributed by atoms with Crippen LogP contribution >= 0.6 is 0 Å². The van der Waals surface area contributed by atoms with E-state index in [1.807, 2.05) is 27.7 Å². The Morgan fingerprint density at radius 3 is 2.41 bits per heavy atom. The van der Waals surface area contributed by atoms with Gasteiger partial charge in [-0.25, -0.2) is 14.2 Å². The molecule has 1 fully saturated rings. The maximum atomic E-state index is 14.4. The topological polar surface area (TPSA) is 57.7 Å². The number of carbonyl (C=O) groups excluding carboxylic acids is 1. The van der Waals surface area contributed by atoms with Gasteiger partial charge in [-0.3, -0.25) is 0 Å². The van der Waals surface area contributed by atoms with Gasteiger partial charge >= 0.3 is 13.1 Å². The van der Waals surface area contributed by atoms with Gasteiger partial charge in [0.15, 0.2) is 0 Å². The van der Waals surface area contributed by atoms with E-state index in [2.05, 4.69) is 9.72 Å². The largest absolute Gasteiger partial charge is 0.525 e. The Morgan fingerprint density at radius 1 is 1.27 bits per heavy atom. The van der Waals surface area contributed by atoms with Gasteiger partial charge < -0.3 is 14.0 Å². The molecular weight excluding hydrogens is 288 g/mol. The number of aromatic nitrogens is 1. The molecule has 0 spiro atoms. The summed E-state index contributed by atoms with van der Waals surface area (Å²) >= 11 is 0. The Balaban J connectivity index is 2.22. The Morgan fingerprint density at radius 2 is 1.86 bits per heavy atom. The number of hydrogen-bond donors (Lipinski definition) is 0. The molecule has 1 aliphatic heterocycles. The van der Waals surface area contributed by atoms with Gasteiger partial charge in [-0.2, -0.15) is 0 Å². The number of pyridine rings is 1. The van der Waals surface area contributed by atoms with Crippen molar-refractivity contribution in [1.82, 2.24) is 4.98 Å². The molecule has 2 heterocycles. The van der Waals surface area contributed by atoms with E-state index in [0.717, 1.165) is 0 Å². The summed E-state index contributed by atoms with van der Waals surface area (Å²) in [4.78, 5) is 15.5. The van der Waals surface area contributed by atoms with Crippen molar-refractivity contribution in [3.63, 3.8) is 0 Å². The zero-order valence-electron chi connectivity index (χ0n) is 13.3. The van der Waals surface area contributed by atoms with Gasteiger partial charge in [0.25, 0.3) is 0 Å². The number of carbonyl (C=O) groups is 1. The number of halogens is 1. The quantitative estimate of drug-likeness (QED) is 0.635. The molecule has 0 N–H and O–H groups in total. The number of nitrogens with zero attached hydrogens (tertiary/aromatic N) is 1. The zero-order valence-corrected chi connectivity index (χ0v) is 13.3. The molecule has 0 amide bonds. The molecule has 0 unspecified atom stereocenters. The lowest BCUT2D eigenvalue weighted by Crippen LogP contribution is -2.41. The molecule has 1 aromatic rings. The molecule has 0 saturated carbocycles. The second-order valence-corrected chi connectivity index (χ2v) is 6.06. The molecule has 5 nitrogen and oxygen atoms in total. The molecule has 0 aliphatic carbocycles. The minimum absolute atomic E-state index is 0.109. The summed E-state index contributed by atoms with van der Waals surface area (Å²) in [6.45, 7) is 7.37. The van der Waals surface area contributed by atoms with Crippen LogP contribution in [0.4, 0.5) is 4.39 Å². The highest BCUT2D eigenvalue weighted by Crippen LogP contribution is 2.38. The molecule has 22 heavy (non-hydrogen) atoms. The van der Waals surface area contributed by atoms with Gasteiger partial charge in [0, 0.05) is 0 Å².